The first-order valence-electron chi connectivity index (χ1n) is 17.3. The van der Waals surface area contributed by atoms with E-state index < -0.39 is 21.3 Å². The SMILES string of the molecule is CCC1C=C(C(C)(C)C)C=[C]1[Zr](=[C](C)C)[c]1c2c(cc(C(C)(C)C)c1C(C)(C)C)-c1cc(C(C)(C)C)c(C(C)(C)C)cc1C2. The molecule has 1 heteroatoms. The predicted octanol–water partition coefficient (Wildman–Crippen LogP) is 11.8. The van der Waals surface area contributed by atoms with Gasteiger partial charge in [0, 0.05) is 0 Å². The summed E-state index contributed by atoms with van der Waals surface area (Å²) in [7, 11) is 0. The van der Waals surface area contributed by atoms with Crippen molar-refractivity contribution in [3.05, 3.63) is 72.6 Å². The van der Waals surface area contributed by atoms with E-state index >= 15 is 0 Å². The summed E-state index contributed by atoms with van der Waals surface area (Å²) >= 11 is -2.51. The topological polar surface area (TPSA) is 0 Å². The Bertz CT molecular complexity index is 1560. The first-order chi connectivity index (χ1) is 19.8. The second-order valence-corrected chi connectivity index (χ2v) is 26.2. The molecular weight excluding hydrogens is 608 g/mol. The molecule has 2 aromatic rings. The van der Waals surface area contributed by atoms with Crippen molar-refractivity contribution in [2.45, 2.75) is 159 Å². The zero-order chi connectivity index (χ0) is 33.5. The fourth-order valence-corrected chi connectivity index (χ4v) is 16.5. The number of benzene rings is 2. The molecule has 0 bridgehead atoms. The third-order valence-corrected chi connectivity index (χ3v) is 17.7. The summed E-state index contributed by atoms with van der Waals surface area (Å²) in [6.07, 6.45) is 7.60. The Hall–Kier alpha value is -1.33. The van der Waals surface area contributed by atoms with Gasteiger partial charge in [0.25, 0.3) is 0 Å². The summed E-state index contributed by atoms with van der Waals surface area (Å²) in [5.74, 6) is 0.569. The van der Waals surface area contributed by atoms with Crippen molar-refractivity contribution in [2.24, 2.45) is 11.3 Å². The number of hydrogen-bond acceptors (Lipinski definition) is 0. The minimum absolute atomic E-state index is 0.0618. The van der Waals surface area contributed by atoms with Gasteiger partial charge in [0.15, 0.2) is 0 Å². The van der Waals surface area contributed by atoms with Gasteiger partial charge in [-0.2, -0.15) is 0 Å². The van der Waals surface area contributed by atoms with Gasteiger partial charge in [0.05, 0.1) is 0 Å². The molecule has 0 aliphatic heterocycles. The fraction of sp³-hybridized carbons (Fsp3) is 0.605. The van der Waals surface area contributed by atoms with E-state index in [2.05, 4.69) is 155 Å². The van der Waals surface area contributed by atoms with Crippen molar-refractivity contribution in [3.63, 3.8) is 0 Å². The molecule has 2 aromatic carbocycles. The van der Waals surface area contributed by atoms with Crippen LogP contribution in [0.2, 0.25) is 0 Å². The minimum atomic E-state index is -2.51. The monoisotopic (exact) mass is 670 g/mol. The second kappa shape index (κ2) is 11.4. The number of rotatable bonds is 3. The third-order valence-electron chi connectivity index (χ3n) is 9.95. The van der Waals surface area contributed by atoms with Crippen LogP contribution in [0.3, 0.4) is 0 Å². The van der Waals surface area contributed by atoms with Gasteiger partial charge in [-0.1, -0.05) is 0 Å². The first-order valence-corrected chi connectivity index (χ1v) is 21.0. The van der Waals surface area contributed by atoms with E-state index in [9.17, 15) is 0 Å². The summed E-state index contributed by atoms with van der Waals surface area (Å²) in [6.45, 7) is 43.7. The van der Waals surface area contributed by atoms with Gasteiger partial charge >= 0.3 is 282 Å². The van der Waals surface area contributed by atoms with Crippen molar-refractivity contribution < 1.29 is 21.3 Å². The molecule has 240 valence electrons. The van der Waals surface area contributed by atoms with Gasteiger partial charge in [0.1, 0.15) is 0 Å². The summed E-state index contributed by atoms with van der Waals surface area (Å²) in [4.78, 5) is 0. The molecule has 0 fully saturated rings. The summed E-state index contributed by atoms with van der Waals surface area (Å²) in [6, 6.07) is 7.88. The van der Waals surface area contributed by atoms with Crippen molar-refractivity contribution >= 4 is 6.48 Å². The molecule has 1 unspecified atom stereocenters. The van der Waals surface area contributed by atoms with Crippen LogP contribution in [0.15, 0.2) is 39.2 Å². The predicted molar refractivity (Wildman–Crippen MR) is 195 cm³/mol. The molecule has 0 saturated carbocycles. The molecule has 0 heterocycles. The van der Waals surface area contributed by atoms with Crippen LogP contribution < -0.4 is 3.27 Å². The molecule has 1 atom stereocenters. The summed E-state index contributed by atoms with van der Waals surface area (Å²) in [5, 5.41) is 0. The van der Waals surface area contributed by atoms with Crippen LogP contribution in [0.1, 0.15) is 164 Å². The van der Waals surface area contributed by atoms with E-state index in [1.165, 1.54) is 28.7 Å². The Morgan fingerprint density at radius 1 is 0.659 bits per heavy atom. The average molecular weight is 672 g/mol. The Morgan fingerprint density at radius 3 is 1.59 bits per heavy atom. The molecule has 0 spiro atoms. The molecule has 2 aliphatic carbocycles. The molecule has 0 aromatic heterocycles. The molecule has 0 nitrogen and oxygen atoms in total. The van der Waals surface area contributed by atoms with Crippen molar-refractivity contribution in [1.82, 2.24) is 0 Å². The van der Waals surface area contributed by atoms with Crippen molar-refractivity contribution in [2.75, 3.05) is 0 Å². The van der Waals surface area contributed by atoms with Crippen LogP contribution in [0.25, 0.3) is 11.1 Å². The molecule has 4 rings (SSSR count). The number of hydrogen-bond donors (Lipinski definition) is 0. The number of allylic oxidation sites excluding steroid dienone is 4. The normalized spacial score (nSPS) is 17.4. The van der Waals surface area contributed by atoms with Crippen molar-refractivity contribution in [3.8, 4) is 11.1 Å². The quantitative estimate of drug-likeness (QED) is 0.260. The van der Waals surface area contributed by atoms with Crippen LogP contribution in [0.4, 0.5) is 0 Å². The summed E-state index contributed by atoms with van der Waals surface area (Å²) in [5.41, 5.74) is 14.6. The maximum absolute atomic E-state index is 2.69. The molecular formula is C43H64Zr. The standard InChI is InChI=1S/C29H41.C11H17.C3H6.Zr/c1-26(2,3)22-14-18-13-19-15-23(27(4,5)6)25(29(10,11)12)17-21(19)20(18)16-24(22)28(7,8)9;1-5-9-6-7-10(8-9)11(2,3)4;1-3-2;/h14,16-17H,13H2,1-12H3;7-9H,5H2,1-4H3;1-2H3;. The van der Waals surface area contributed by atoms with E-state index in [1.54, 1.807) is 37.6 Å². The summed E-state index contributed by atoms with van der Waals surface area (Å²) < 4.78 is 5.32. The fourth-order valence-electron chi connectivity index (χ4n) is 7.64. The van der Waals surface area contributed by atoms with Crippen LogP contribution in [-0.2, 0) is 49.3 Å². The van der Waals surface area contributed by atoms with E-state index in [4.69, 9.17) is 0 Å². The zero-order valence-electron chi connectivity index (χ0n) is 31.9. The van der Waals surface area contributed by atoms with E-state index in [-0.39, 0.29) is 27.1 Å². The van der Waals surface area contributed by atoms with Gasteiger partial charge < -0.3 is 0 Å². The number of fused-ring (bicyclic) bond motifs is 3. The molecule has 0 N–H and O–H groups in total. The third kappa shape index (κ3) is 6.58. The van der Waals surface area contributed by atoms with Crippen LogP contribution >= 0.6 is 0 Å². The van der Waals surface area contributed by atoms with Gasteiger partial charge in [0.2, 0.25) is 0 Å². The van der Waals surface area contributed by atoms with Gasteiger partial charge in [-0.3, -0.25) is 0 Å². The molecule has 0 saturated heterocycles. The van der Waals surface area contributed by atoms with Gasteiger partial charge in [-0.25, -0.2) is 0 Å². The zero-order valence-corrected chi connectivity index (χ0v) is 34.3. The van der Waals surface area contributed by atoms with Crippen LogP contribution in [0, 0.1) is 11.3 Å². The Labute approximate surface area is 280 Å². The van der Waals surface area contributed by atoms with Gasteiger partial charge in [-0.05, 0) is 0 Å². The van der Waals surface area contributed by atoms with E-state index in [0.717, 1.165) is 6.42 Å². The first kappa shape index (κ1) is 35.5. The van der Waals surface area contributed by atoms with E-state index in [1.807, 2.05) is 0 Å². The average Bonchev–Trinajstić information content (AvgIpc) is 3.41. The molecule has 0 amide bonds. The molecule has 2 aliphatic rings. The Morgan fingerprint density at radius 2 is 1.16 bits per heavy atom. The van der Waals surface area contributed by atoms with Gasteiger partial charge in [-0.15, -0.1) is 0 Å². The molecule has 0 radical (unpaired) electrons. The Kier molecular flexibility index (Phi) is 9.23. The molecule has 44 heavy (non-hydrogen) atoms. The Balaban J connectivity index is 2.19. The second-order valence-electron chi connectivity index (χ2n) is 19.3. The van der Waals surface area contributed by atoms with E-state index in [0.29, 0.717) is 5.92 Å². The maximum atomic E-state index is 2.69. The van der Waals surface area contributed by atoms with Crippen LogP contribution in [0.5, 0.6) is 0 Å². The van der Waals surface area contributed by atoms with Crippen LogP contribution in [-0.4, -0.2) is 3.21 Å². The van der Waals surface area contributed by atoms with Crippen molar-refractivity contribution in [1.29, 1.82) is 0 Å².